The fraction of sp³-hybridized carbons (Fsp3) is 0.297. The lowest BCUT2D eigenvalue weighted by Gasteiger charge is -2.34. The van der Waals surface area contributed by atoms with Crippen molar-refractivity contribution in [1.29, 1.82) is 0 Å². The van der Waals surface area contributed by atoms with Gasteiger partial charge in [-0.3, -0.25) is 13.9 Å². The summed E-state index contributed by atoms with van der Waals surface area (Å²) < 4.78 is 29.7. The molecule has 0 heterocycles. The van der Waals surface area contributed by atoms with Gasteiger partial charge in [0.15, 0.2) is 0 Å². The first-order chi connectivity index (χ1) is 22.0. The molecular weight excluding hydrogens is 618 g/mol. The van der Waals surface area contributed by atoms with E-state index in [0.717, 1.165) is 39.4 Å². The summed E-state index contributed by atoms with van der Waals surface area (Å²) in [4.78, 5) is 30.1. The molecule has 1 atom stereocenters. The highest BCUT2D eigenvalue weighted by Gasteiger charge is 2.35. The Bertz CT molecular complexity index is 1740. The lowest BCUT2D eigenvalue weighted by atomic mass is 10.0. The van der Waals surface area contributed by atoms with Crippen molar-refractivity contribution in [3.8, 4) is 0 Å². The largest absolute Gasteiger partial charge is 0.354 e. The number of carbonyl (C=O) groups is 2. The molecule has 0 saturated carbocycles. The zero-order chi connectivity index (χ0) is 33.3. The van der Waals surface area contributed by atoms with Gasteiger partial charge >= 0.3 is 0 Å². The van der Waals surface area contributed by atoms with Crippen LogP contribution in [-0.4, -0.2) is 44.3 Å². The third-order valence-corrected chi connectivity index (χ3v) is 10.0. The third-order valence-electron chi connectivity index (χ3n) is 8.02. The Morgan fingerprint density at radius 3 is 2.17 bits per heavy atom. The van der Waals surface area contributed by atoms with Gasteiger partial charge in [0, 0.05) is 24.5 Å². The van der Waals surface area contributed by atoms with Gasteiger partial charge in [0.05, 0.1) is 10.6 Å². The van der Waals surface area contributed by atoms with Crippen molar-refractivity contribution in [2.75, 3.05) is 17.4 Å². The van der Waals surface area contributed by atoms with Gasteiger partial charge in [0.25, 0.3) is 10.0 Å². The first-order valence-corrected chi connectivity index (χ1v) is 17.3. The maximum atomic E-state index is 14.6. The van der Waals surface area contributed by atoms with E-state index in [1.165, 1.54) is 17.0 Å². The highest BCUT2D eigenvalue weighted by molar-refractivity contribution is 7.92. The molecule has 0 unspecified atom stereocenters. The Balaban J connectivity index is 1.82. The number of amides is 2. The quantitative estimate of drug-likeness (QED) is 0.148. The molecule has 46 heavy (non-hydrogen) atoms. The monoisotopic (exact) mass is 659 g/mol. The fourth-order valence-electron chi connectivity index (χ4n) is 5.28. The van der Waals surface area contributed by atoms with E-state index in [4.69, 9.17) is 11.6 Å². The summed E-state index contributed by atoms with van der Waals surface area (Å²) in [6.45, 7) is 7.72. The summed E-state index contributed by atoms with van der Waals surface area (Å²) in [6.07, 6.45) is 1.97. The van der Waals surface area contributed by atoms with E-state index < -0.39 is 28.5 Å². The van der Waals surface area contributed by atoms with Gasteiger partial charge in [0.2, 0.25) is 11.8 Å². The summed E-state index contributed by atoms with van der Waals surface area (Å²) >= 11 is 6.25. The minimum atomic E-state index is -4.20. The first kappa shape index (κ1) is 34.7. The van der Waals surface area contributed by atoms with Crippen LogP contribution in [-0.2, 0) is 32.6 Å². The lowest BCUT2D eigenvalue weighted by Crippen LogP contribution is -2.53. The highest BCUT2D eigenvalue weighted by atomic mass is 35.5. The van der Waals surface area contributed by atoms with Gasteiger partial charge in [-0.1, -0.05) is 97.2 Å². The molecule has 9 heteroatoms. The van der Waals surface area contributed by atoms with Crippen LogP contribution in [0.2, 0.25) is 5.02 Å². The number of nitrogens with one attached hydrogen (secondary N) is 1. The number of carbonyl (C=O) groups excluding carboxylic acids is 2. The molecule has 4 rings (SSSR count). The van der Waals surface area contributed by atoms with Crippen LogP contribution < -0.4 is 9.62 Å². The lowest BCUT2D eigenvalue weighted by molar-refractivity contribution is -0.140. The van der Waals surface area contributed by atoms with Crippen LogP contribution in [0.1, 0.15) is 47.6 Å². The van der Waals surface area contributed by atoms with E-state index >= 15 is 0 Å². The molecule has 0 aromatic heterocycles. The molecule has 2 amide bonds. The molecule has 0 aliphatic rings. The van der Waals surface area contributed by atoms with E-state index in [1.54, 1.807) is 37.3 Å². The van der Waals surface area contributed by atoms with Crippen LogP contribution >= 0.6 is 11.6 Å². The molecule has 4 aromatic carbocycles. The zero-order valence-corrected chi connectivity index (χ0v) is 28.4. The molecule has 1 N–H and O–H groups in total. The maximum absolute atomic E-state index is 14.6. The fourth-order valence-corrected chi connectivity index (χ4v) is 6.99. The van der Waals surface area contributed by atoms with Gasteiger partial charge < -0.3 is 10.2 Å². The smallest absolute Gasteiger partial charge is 0.264 e. The van der Waals surface area contributed by atoms with Crippen LogP contribution in [0.3, 0.4) is 0 Å². The Kier molecular flexibility index (Phi) is 12.0. The average Bonchev–Trinajstić information content (AvgIpc) is 3.03. The molecule has 0 spiro atoms. The number of sulfonamides is 1. The third kappa shape index (κ3) is 8.77. The maximum Gasteiger partial charge on any atom is 0.264 e. The Hall–Kier alpha value is -4.14. The number of hydrogen-bond acceptors (Lipinski definition) is 4. The number of hydrogen-bond donors (Lipinski definition) is 1. The minimum Gasteiger partial charge on any atom is -0.354 e. The van der Waals surface area contributed by atoms with Crippen LogP contribution in [0.25, 0.3) is 0 Å². The summed E-state index contributed by atoms with van der Waals surface area (Å²) in [5.41, 5.74) is 4.55. The van der Waals surface area contributed by atoms with Crippen molar-refractivity contribution in [3.05, 3.63) is 130 Å². The molecule has 4 aromatic rings. The normalized spacial score (nSPS) is 11.9. The second-order valence-electron chi connectivity index (χ2n) is 11.6. The van der Waals surface area contributed by atoms with Crippen molar-refractivity contribution in [3.63, 3.8) is 0 Å². The van der Waals surface area contributed by atoms with Crippen molar-refractivity contribution < 1.29 is 18.0 Å². The topological polar surface area (TPSA) is 86.8 Å². The van der Waals surface area contributed by atoms with Gasteiger partial charge in [-0.05, 0) is 79.8 Å². The summed E-state index contributed by atoms with van der Waals surface area (Å²) in [5, 5.41) is 3.47. The number of nitrogens with zero attached hydrogens (tertiary/aromatic N) is 2. The molecule has 0 aliphatic heterocycles. The SMILES string of the molecule is CCCCNC(=O)[C@@H](Cc1ccccc1)N(Cc1ccccc1C)C(=O)CN(c1ccc(Cl)cc1C)S(=O)(=O)c1ccc(C)cc1. The second kappa shape index (κ2) is 15.9. The van der Waals surface area contributed by atoms with Gasteiger partial charge in [-0.2, -0.15) is 0 Å². The van der Waals surface area contributed by atoms with Crippen LogP contribution in [0.15, 0.2) is 102 Å². The van der Waals surface area contributed by atoms with Crippen molar-refractivity contribution in [2.24, 2.45) is 0 Å². The molecule has 7 nitrogen and oxygen atoms in total. The summed E-state index contributed by atoms with van der Waals surface area (Å²) in [6, 6.07) is 27.8. The standard InChI is InChI=1S/C37H42ClN3O4S/c1-5-6-22-39-37(43)35(24-30-13-8-7-9-14-30)40(25-31-15-11-10-12-28(31)3)36(42)26-41(34-21-18-32(38)23-29(34)4)46(44,45)33-19-16-27(2)17-20-33/h7-21,23,35H,5-6,22,24-26H2,1-4H3,(H,39,43)/t35-/m1/s1. The average molecular weight is 660 g/mol. The molecule has 0 saturated heterocycles. The number of benzene rings is 4. The van der Waals surface area contributed by atoms with E-state index in [0.29, 0.717) is 22.8 Å². The molecule has 0 fully saturated rings. The second-order valence-corrected chi connectivity index (χ2v) is 13.9. The Labute approximate surface area is 278 Å². The number of aryl methyl sites for hydroxylation is 3. The summed E-state index contributed by atoms with van der Waals surface area (Å²) in [5.74, 6) is -0.783. The van der Waals surface area contributed by atoms with Gasteiger partial charge in [-0.25, -0.2) is 8.42 Å². The molecule has 242 valence electrons. The summed E-state index contributed by atoms with van der Waals surface area (Å²) in [7, 11) is -4.20. The van der Waals surface area contributed by atoms with Crippen LogP contribution in [0, 0.1) is 20.8 Å². The molecule has 0 radical (unpaired) electrons. The number of anilines is 1. The molecule has 0 bridgehead atoms. The Morgan fingerprint density at radius 1 is 0.848 bits per heavy atom. The number of halogens is 1. The van der Waals surface area contributed by atoms with Crippen molar-refractivity contribution in [2.45, 2.75) is 64.4 Å². The van der Waals surface area contributed by atoms with E-state index in [9.17, 15) is 18.0 Å². The predicted octanol–water partition coefficient (Wildman–Crippen LogP) is 7.02. The number of unbranched alkanes of at least 4 members (excludes halogenated alkanes) is 1. The van der Waals surface area contributed by atoms with E-state index in [1.807, 2.05) is 75.4 Å². The van der Waals surface area contributed by atoms with Crippen molar-refractivity contribution in [1.82, 2.24) is 10.2 Å². The zero-order valence-electron chi connectivity index (χ0n) is 26.9. The minimum absolute atomic E-state index is 0.0591. The van der Waals surface area contributed by atoms with Crippen molar-refractivity contribution >= 4 is 39.1 Å². The van der Waals surface area contributed by atoms with Crippen LogP contribution in [0.4, 0.5) is 5.69 Å². The van der Waals surface area contributed by atoms with Gasteiger partial charge in [-0.15, -0.1) is 0 Å². The van der Waals surface area contributed by atoms with Gasteiger partial charge in [0.1, 0.15) is 12.6 Å². The number of rotatable bonds is 14. The molecule has 0 aliphatic carbocycles. The predicted molar refractivity (Wildman–Crippen MR) is 185 cm³/mol. The highest BCUT2D eigenvalue weighted by Crippen LogP contribution is 2.30. The van der Waals surface area contributed by atoms with E-state index in [2.05, 4.69) is 5.32 Å². The molecular formula is C37H42ClN3O4S. The Morgan fingerprint density at radius 2 is 1.52 bits per heavy atom. The first-order valence-electron chi connectivity index (χ1n) is 15.5. The van der Waals surface area contributed by atoms with Crippen LogP contribution in [0.5, 0.6) is 0 Å². The van der Waals surface area contributed by atoms with E-state index in [-0.39, 0.29) is 23.8 Å².